The van der Waals surface area contributed by atoms with Gasteiger partial charge in [0, 0.05) is 63.9 Å². The zero-order valence-corrected chi connectivity index (χ0v) is 17.0. The van der Waals surface area contributed by atoms with Gasteiger partial charge in [0.15, 0.2) is 0 Å². The van der Waals surface area contributed by atoms with Gasteiger partial charge in [-0.05, 0) is 43.0 Å². The Balaban J connectivity index is 1.18. The average molecular weight is 394 g/mol. The number of anilines is 1. The van der Waals surface area contributed by atoms with E-state index in [1.54, 1.807) is 0 Å². The Morgan fingerprint density at radius 2 is 1.76 bits per heavy atom. The van der Waals surface area contributed by atoms with Crippen molar-refractivity contribution < 1.29 is 4.79 Å². The second-order valence-corrected chi connectivity index (χ2v) is 7.96. The summed E-state index contributed by atoms with van der Waals surface area (Å²) >= 11 is 0. The number of hydrogen-bond donors (Lipinski definition) is 1. The fraction of sp³-hybridized carbons (Fsp3) is 0.478. The Morgan fingerprint density at radius 3 is 2.52 bits per heavy atom. The summed E-state index contributed by atoms with van der Waals surface area (Å²) in [5, 5.41) is 3.13. The number of piperazine rings is 1. The average Bonchev–Trinajstić information content (AvgIpc) is 2.80. The smallest absolute Gasteiger partial charge is 0.317 e. The third-order valence-corrected chi connectivity index (χ3v) is 6.08. The van der Waals surface area contributed by atoms with Gasteiger partial charge < -0.3 is 20.0 Å². The topological polar surface area (TPSA) is 51.7 Å². The molecule has 4 rings (SSSR count). The van der Waals surface area contributed by atoms with Gasteiger partial charge in [-0.1, -0.05) is 30.3 Å². The lowest BCUT2D eigenvalue weighted by Gasteiger charge is -2.36. The number of nitrogens with zero attached hydrogens (tertiary/aromatic N) is 4. The molecule has 2 fully saturated rings. The number of carbonyl (C=O) groups is 1. The summed E-state index contributed by atoms with van der Waals surface area (Å²) in [6.45, 7) is 7.10. The highest BCUT2D eigenvalue weighted by Crippen LogP contribution is 2.26. The number of urea groups is 1. The number of likely N-dealkylation sites (tertiary alicyclic amines) is 1. The minimum atomic E-state index is 0.0657. The molecule has 3 heterocycles. The fourth-order valence-electron chi connectivity index (χ4n) is 4.41. The Morgan fingerprint density at radius 1 is 1.00 bits per heavy atom. The van der Waals surface area contributed by atoms with Crippen molar-refractivity contribution in [2.45, 2.75) is 18.8 Å². The van der Waals surface area contributed by atoms with Gasteiger partial charge in [-0.3, -0.25) is 4.98 Å². The van der Waals surface area contributed by atoms with Crippen molar-refractivity contribution in [3.05, 3.63) is 60.4 Å². The molecule has 2 amide bonds. The molecular weight excluding hydrogens is 362 g/mol. The van der Waals surface area contributed by atoms with Crippen molar-refractivity contribution in [3.8, 4) is 0 Å². The van der Waals surface area contributed by atoms with E-state index in [1.807, 2.05) is 29.4 Å². The summed E-state index contributed by atoms with van der Waals surface area (Å²) in [6, 6.07) is 14.9. The molecule has 2 saturated heterocycles. The van der Waals surface area contributed by atoms with Crippen LogP contribution >= 0.6 is 0 Å². The molecule has 29 heavy (non-hydrogen) atoms. The zero-order chi connectivity index (χ0) is 19.9. The SMILES string of the molecule is O=C(NCCN1CCC[C@@H](c2ccccc2)C1)N1CCN(c2ccncc2)CC1. The summed E-state index contributed by atoms with van der Waals surface area (Å²) in [5.41, 5.74) is 2.62. The Hall–Kier alpha value is -2.60. The van der Waals surface area contributed by atoms with E-state index in [9.17, 15) is 4.79 Å². The van der Waals surface area contributed by atoms with Crippen LogP contribution in [0.1, 0.15) is 24.3 Å². The molecule has 1 aromatic carbocycles. The molecule has 0 unspecified atom stereocenters. The lowest BCUT2D eigenvalue weighted by Crippen LogP contribution is -2.52. The van der Waals surface area contributed by atoms with Crippen LogP contribution in [0.5, 0.6) is 0 Å². The second kappa shape index (κ2) is 9.74. The van der Waals surface area contributed by atoms with E-state index in [-0.39, 0.29) is 6.03 Å². The lowest BCUT2D eigenvalue weighted by atomic mass is 9.91. The summed E-state index contributed by atoms with van der Waals surface area (Å²) in [5.74, 6) is 0.613. The Bertz CT molecular complexity index is 761. The van der Waals surface area contributed by atoms with E-state index in [0.29, 0.717) is 12.5 Å². The van der Waals surface area contributed by atoms with Crippen molar-refractivity contribution in [1.82, 2.24) is 20.1 Å². The van der Waals surface area contributed by atoms with Gasteiger partial charge >= 0.3 is 6.03 Å². The third kappa shape index (κ3) is 5.26. The number of nitrogens with one attached hydrogen (secondary N) is 1. The van der Waals surface area contributed by atoms with E-state index in [4.69, 9.17) is 0 Å². The highest BCUT2D eigenvalue weighted by Gasteiger charge is 2.23. The molecule has 154 valence electrons. The first kappa shape index (κ1) is 19.7. The molecule has 0 spiro atoms. The van der Waals surface area contributed by atoms with Crippen molar-refractivity contribution in [1.29, 1.82) is 0 Å². The number of amides is 2. The monoisotopic (exact) mass is 393 g/mol. The normalized spacial score (nSPS) is 20.5. The number of pyridine rings is 1. The van der Waals surface area contributed by atoms with Crippen molar-refractivity contribution in [2.24, 2.45) is 0 Å². The van der Waals surface area contributed by atoms with Gasteiger partial charge in [0.2, 0.25) is 0 Å². The van der Waals surface area contributed by atoms with Crippen LogP contribution in [0.25, 0.3) is 0 Å². The van der Waals surface area contributed by atoms with Gasteiger partial charge in [0.05, 0.1) is 0 Å². The van der Waals surface area contributed by atoms with Crippen LogP contribution < -0.4 is 10.2 Å². The maximum atomic E-state index is 12.5. The largest absolute Gasteiger partial charge is 0.368 e. The molecule has 0 aliphatic carbocycles. The van der Waals surface area contributed by atoms with E-state index in [1.165, 1.54) is 24.1 Å². The fourth-order valence-corrected chi connectivity index (χ4v) is 4.41. The summed E-state index contributed by atoms with van der Waals surface area (Å²) in [4.78, 5) is 23.3. The van der Waals surface area contributed by atoms with Gasteiger partial charge in [0.1, 0.15) is 0 Å². The minimum absolute atomic E-state index is 0.0657. The number of piperidine rings is 1. The van der Waals surface area contributed by atoms with Crippen LogP contribution in [0.4, 0.5) is 10.5 Å². The lowest BCUT2D eigenvalue weighted by molar-refractivity contribution is 0.184. The maximum Gasteiger partial charge on any atom is 0.317 e. The van der Waals surface area contributed by atoms with Crippen LogP contribution in [0, 0.1) is 0 Å². The van der Waals surface area contributed by atoms with Crippen LogP contribution in [-0.2, 0) is 0 Å². The van der Waals surface area contributed by atoms with Crippen LogP contribution in [0.3, 0.4) is 0 Å². The molecule has 2 aromatic rings. The van der Waals surface area contributed by atoms with Crippen molar-refractivity contribution >= 4 is 11.7 Å². The first-order valence-corrected chi connectivity index (χ1v) is 10.7. The van der Waals surface area contributed by atoms with E-state index >= 15 is 0 Å². The summed E-state index contributed by atoms with van der Waals surface area (Å²) < 4.78 is 0. The molecule has 0 bridgehead atoms. The third-order valence-electron chi connectivity index (χ3n) is 6.08. The van der Waals surface area contributed by atoms with Gasteiger partial charge in [0.25, 0.3) is 0 Å². The van der Waals surface area contributed by atoms with E-state index in [2.05, 4.69) is 50.4 Å². The predicted octanol–water partition coefficient (Wildman–Crippen LogP) is 2.79. The molecule has 2 aliphatic heterocycles. The molecule has 1 atom stereocenters. The van der Waals surface area contributed by atoms with Crippen molar-refractivity contribution in [2.75, 3.05) is 57.3 Å². The standard InChI is InChI=1S/C23H31N5O/c29-23(28-17-15-27(16-18-28)22-8-10-24-11-9-22)25-12-14-26-13-4-7-21(19-26)20-5-2-1-3-6-20/h1-3,5-6,8-11,21H,4,7,12-19H2,(H,25,29)/t21-/m1/s1. The second-order valence-electron chi connectivity index (χ2n) is 7.96. The minimum Gasteiger partial charge on any atom is -0.368 e. The van der Waals surface area contributed by atoms with E-state index < -0.39 is 0 Å². The summed E-state index contributed by atoms with van der Waals surface area (Å²) in [6.07, 6.45) is 6.12. The molecule has 6 heteroatoms. The molecule has 1 aromatic heterocycles. The molecule has 0 radical (unpaired) electrons. The summed E-state index contributed by atoms with van der Waals surface area (Å²) in [7, 11) is 0. The van der Waals surface area contributed by atoms with Gasteiger partial charge in [-0.15, -0.1) is 0 Å². The van der Waals surface area contributed by atoms with Crippen LogP contribution in [0.2, 0.25) is 0 Å². The Kier molecular flexibility index (Phi) is 6.62. The van der Waals surface area contributed by atoms with E-state index in [0.717, 1.165) is 45.8 Å². The predicted molar refractivity (Wildman–Crippen MR) is 116 cm³/mol. The van der Waals surface area contributed by atoms with Crippen LogP contribution in [-0.4, -0.2) is 73.2 Å². The highest BCUT2D eigenvalue weighted by molar-refractivity contribution is 5.74. The molecular formula is C23H31N5O. The molecule has 6 nitrogen and oxygen atoms in total. The first-order valence-electron chi connectivity index (χ1n) is 10.7. The number of benzene rings is 1. The van der Waals surface area contributed by atoms with Crippen molar-refractivity contribution in [3.63, 3.8) is 0 Å². The highest BCUT2D eigenvalue weighted by atomic mass is 16.2. The van der Waals surface area contributed by atoms with Gasteiger partial charge in [-0.2, -0.15) is 0 Å². The quantitative estimate of drug-likeness (QED) is 0.849. The number of hydrogen-bond acceptors (Lipinski definition) is 4. The Labute approximate surface area is 173 Å². The molecule has 2 aliphatic rings. The van der Waals surface area contributed by atoms with Gasteiger partial charge in [-0.25, -0.2) is 4.79 Å². The molecule has 1 N–H and O–H groups in total. The first-order chi connectivity index (χ1) is 14.3. The zero-order valence-electron chi connectivity index (χ0n) is 17.0. The number of carbonyl (C=O) groups excluding carboxylic acids is 1. The number of rotatable bonds is 5. The number of aromatic nitrogens is 1. The maximum absolute atomic E-state index is 12.5. The molecule has 0 saturated carbocycles. The van der Waals surface area contributed by atoms with Crippen LogP contribution in [0.15, 0.2) is 54.9 Å².